The van der Waals surface area contributed by atoms with E-state index in [2.05, 4.69) is 31.9 Å². The van der Waals surface area contributed by atoms with E-state index in [1.807, 2.05) is 42.7 Å². The highest BCUT2D eigenvalue weighted by Crippen LogP contribution is 2.37. The minimum Gasteiger partial charge on any atom is -0.367 e. The first-order chi connectivity index (χ1) is 16.1. The monoisotopic (exact) mass is 445 g/mol. The van der Waals surface area contributed by atoms with Crippen LogP contribution in [-0.4, -0.2) is 46.3 Å². The number of pyridine rings is 1. The van der Waals surface area contributed by atoms with Gasteiger partial charge in [-0.15, -0.1) is 0 Å². The van der Waals surface area contributed by atoms with Crippen molar-refractivity contribution in [2.24, 2.45) is 0 Å². The van der Waals surface area contributed by atoms with Gasteiger partial charge in [0.15, 0.2) is 0 Å². The van der Waals surface area contributed by atoms with Gasteiger partial charge in [0.25, 0.3) is 0 Å². The standard InChI is InChI=1S/C26H25F2N5/c1-26(20-17-30-31-18-20,19-8-10-21(27)11-9-19)33-15-13-32(14-16-33)24-7-4-12-29-25(24)22-5-2-3-6-23(22)28/h2-12,17-18H,13-16H2,1H3,(H,30,31). The number of hydrogen-bond donors (Lipinski definition) is 1. The van der Waals surface area contributed by atoms with Crippen LogP contribution in [0.4, 0.5) is 14.5 Å². The molecule has 0 amide bonds. The molecule has 2 aromatic carbocycles. The zero-order chi connectivity index (χ0) is 22.8. The maximum atomic E-state index is 14.5. The Morgan fingerprint density at radius 2 is 1.64 bits per heavy atom. The number of anilines is 1. The predicted octanol–water partition coefficient (Wildman–Crippen LogP) is 4.84. The summed E-state index contributed by atoms with van der Waals surface area (Å²) in [5.74, 6) is -0.532. The number of benzene rings is 2. The zero-order valence-corrected chi connectivity index (χ0v) is 18.4. The second kappa shape index (κ2) is 8.75. The summed E-state index contributed by atoms with van der Waals surface area (Å²) in [6, 6.07) is 17.3. The maximum absolute atomic E-state index is 14.5. The number of piperazine rings is 1. The van der Waals surface area contributed by atoms with Crippen LogP contribution in [0.2, 0.25) is 0 Å². The van der Waals surface area contributed by atoms with Crippen molar-refractivity contribution in [1.82, 2.24) is 20.1 Å². The van der Waals surface area contributed by atoms with Gasteiger partial charge < -0.3 is 4.90 Å². The summed E-state index contributed by atoms with van der Waals surface area (Å²) in [5, 5.41) is 7.08. The number of halogens is 2. The van der Waals surface area contributed by atoms with Gasteiger partial charge in [-0.25, -0.2) is 8.78 Å². The topological polar surface area (TPSA) is 48.1 Å². The van der Waals surface area contributed by atoms with Crippen molar-refractivity contribution in [3.8, 4) is 11.3 Å². The molecule has 5 rings (SSSR count). The molecule has 1 unspecified atom stereocenters. The molecule has 5 nitrogen and oxygen atoms in total. The minimum absolute atomic E-state index is 0.254. The number of aromatic amines is 1. The summed E-state index contributed by atoms with van der Waals surface area (Å²) in [7, 11) is 0. The lowest BCUT2D eigenvalue weighted by Crippen LogP contribution is -2.55. The highest BCUT2D eigenvalue weighted by molar-refractivity contribution is 5.75. The molecule has 1 fully saturated rings. The summed E-state index contributed by atoms with van der Waals surface area (Å²) in [5.41, 5.74) is 3.65. The first kappa shape index (κ1) is 21.3. The number of hydrogen-bond acceptors (Lipinski definition) is 4. The van der Waals surface area contributed by atoms with Crippen LogP contribution in [0.25, 0.3) is 11.3 Å². The molecule has 4 aromatic rings. The van der Waals surface area contributed by atoms with Gasteiger partial charge in [0.05, 0.1) is 23.1 Å². The highest BCUT2D eigenvalue weighted by Gasteiger charge is 2.38. The fourth-order valence-corrected chi connectivity index (χ4v) is 4.73. The molecule has 0 aliphatic carbocycles. The third-order valence-electron chi connectivity index (χ3n) is 6.63. The summed E-state index contributed by atoms with van der Waals surface area (Å²) in [4.78, 5) is 9.15. The number of rotatable bonds is 5. The fraction of sp³-hybridized carbons (Fsp3) is 0.231. The number of H-pyrrole nitrogens is 1. The van der Waals surface area contributed by atoms with E-state index in [0.717, 1.165) is 43.0 Å². The molecular formula is C26H25F2N5. The number of nitrogens with zero attached hydrogens (tertiary/aromatic N) is 4. The average Bonchev–Trinajstić information content (AvgIpc) is 3.40. The van der Waals surface area contributed by atoms with E-state index in [4.69, 9.17) is 0 Å². The average molecular weight is 446 g/mol. The van der Waals surface area contributed by atoms with E-state index in [9.17, 15) is 8.78 Å². The summed E-state index contributed by atoms with van der Waals surface area (Å²) in [6.45, 7) is 5.19. The smallest absolute Gasteiger partial charge is 0.132 e. The first-order valence-corrected chi connectivity index (χ1v) is 11.0. The molecule has 1 aliphatic rings. The zero-order valence-electron chi connectivity index (χ0n) is 18.4. The van der Waals surface area contributed by atoms with Gasteiger partial charge in [-0.2, -0.15) is 5.10 Å². The van der Waals surface area contributed by atoms with E-state index in [-0.39, 0.29) is 11.6 Å². The van der Waals surface area contributed by atoms with Crippen LogP contribution in [-0.2, 0) is 5.54 Å². The normalized spacial score (nSPS) is 16.5. The molecule has 168 valence electrons. The van der Waals surface area contributed by atoms with Gasteiger partial charge in [0, 0.05) is 49.7 Å². The molecular weight excluding hydrogens is 420 g/mol. The Kier molecular flexibility index (Phi) is 5.64. The van der Waals surface area contributed by atoms with Gasteiger partial charge in [0.1, 0.15) is 11.6 Å². The van der Waals surface area contributed by atoms with Crippen LogP contribution in [0.3, 0.4) is 0 Å². The molecule has 2 aromatic heterocycles. The summed E-state index contributed by atoms with van der Waals surface area (Å²) < 4.78 is 28.1. The molecule has 1 aliphatic heterocycles. The van der Waals surface area contributed by atoms with Crippen LogP contribution in [0, 0.1) is 11.6 Å². The Balaban J connectivity index is 1.43. The third kappa shape index (κ3) is 3.89. The Bertz CT molecular complexity index is 1220. The van der Waals surface area contributed by atoms with Crippen LogP contribution < -0.4 is 4.90 Å². The molecule has 1 N–H and O–H groups in total. The maximum Gasteiger partial charge on any atom is 0.132 e. The first-order valence-electron chi connectivity index (χ1n) is 11.0. The predicted molar refractivity (Wildman–Crippen MR) is 125 cm³/mol. The van der Waals surface area contributed by atoms with E-state index < -0.39 is 5.54 Å². The van der Waals surface area contributed by atoms with Crippen molar-refractivity contribution in [2.75, 3.05) is 31.1 Å². The van der Waals surface area contributed by atoms with Gasteiger partial charge >= 0.3 is 0 Å². The van der Waals surface area contributed by atoms with Crippen LogP contribution in [0.1, 0.15) is 18.1 Å². The van der Waals surface area contributed by atoms with E-state index in [1.165, 1.54) is 18.2 Å². The largest absolute Gasteiger partial charge is 0.367 e. The van der Waals surface area contributed by atoms with Crippen molar-refractivity contribution in [3.63, 3.8) is 0 Å². The molecule has 3 heterocycles. The second-order valence-corrected chi connectivity index (χ2v) is 8.39. The van der Waals surface area contributed by atoms with Gasteiger partial charge in [-0.1, -0.05) is 24.3 Å². The Morgan fingerprint density at radius 3 is 2.33 bits per heavy atom. The number of nitrogens with one attached hydrogen (secondary N) is 1. The fourth-order valence-electron chi connectivity index (χ4n) is 4.73. The van der Waals surface area contributed by atoms with Crippen molar-refractivity contribution in [1.29, 1.82) is 0 Å². The molecule has 1 atom stereocenters. The highest BCUT2D eigenvalue weighted by atomic mass is 19.1. The Hall–Kier alpha value is -3.58. The summed E-state index contributed by atoms with van der Waals surface area (Å²) >= 11 is 0. The lowest BCUT2D eigenvalue weighted by Gasteiger charge is -2.46. The van der Waals surface area contributed by atoms with Crippen LogP contribution in [0.15, 0.2) is 79.3 Å². The van der Waals surface area contributed by atoms with Gasteiger partial charge in [-0.3, -0.25) is 15.0 Å². The lowest BCUT2D eigenvalue weighted by molar-refractivity contribution is 0.129. The Morgan fingerprint density at radius 1 is 0.879 bits per heavy atom. The quantitative estimate of drug-likeness (QED) is 0.478. The molecule has 7 heteroatoms. The summed E-state index contributed by atoms with van der Waals surface area (Å²) in [6.07, 6.45) is 5.42. The molecule has 33 heavy (non-hydrogen) atoms. The van der Waals surface area contributed by atoms with E-state index >= 15 is 0 Å². The van der Waals surface area contributed by atoms with Gasteiger partial charge in [0.2, 0.25) is 0 Å². The van der Waals surface area contributed by atoms with Crippen molar-refractivity contribution in [2.45, 2.75) is 12.5 Å². The van der Waals surface area contributed by atoms with E-state index in [1.54, 1.807) is 18.3 Å². The molecule has 1 saturated heterocycles. The second-order valence-electron chi connectivity index (χ2n) is 8.39. The van der Waals surface area contributed by atoms with E-state index in [0.29, 0.717) is 11.3 Å². The van der Waals surface area contributed by atoms with Crippen molar-refractivity contribution in [3.05, 3.63) is 102 Å². The third-order valence-corrected chi connectivity index (χ3v) is 6.63. The van der Waals surface area contributed by atoms with Crippen LogP contribution in [0.5, 0.6) is 0 Å². The molecule has 0 spiro atoms. The Labute approximate surface area is 191 Å². The van der Waals surface area contributed by atoms with Crippen molar-refractivity contribution < 1.29 is 8.78 Å². The molecule has 0 bridgehead atoms. The SMILES string of the molecule is CC(c1ccc(F)cc1)(c1cn[nH]c1)N1CCN(c2cccnc2-c2ccccc2F)CC1. The van der Waals surface area contributed by atoms with Crippen molar-refractivity contribution >= 4 is 5.69 Å². The van der Waals surface area contributed by atoms with Crippen LogP contribution >= 0.6 is 0 Å². The lowest BCUT2D eigenvalue weighted by atomic mass is 9.84. The molecule has 0 saturated carbocycles. The minimum atomic E-state index is -0.462. The molecule has 0 radical (unpaired) electrons. The number of aromatic nitrogens is 3. The van der Waals surface area contributed by atoms with Gasteiger partial charge in [-0.05, 0) is 48.9 Å².